The molecule has 11 heteroatoms. The van der Waals surface area contributed by atoms with Crippen LogP contribution in [0.2, 0.25) is 0 Å². The van der Waals surface area contributed by atoms with Gasteiger partial charge in [-0.2, -0.15) is 0 Å². The number of aromatic hydroxyl groups is 1. The summed E-state index contributed by atoms with van der Waals surface area (Å²) in [5.74, 6) is -7.32. The molecule has 0 aliphatic heterocycles. The van der Waals surface area contributed by atoms with Crippen molar-refractivity contribution in [3.05, 3.63) is 75.8 Å². The minimum atomic E-state index is -2.71. The SMILES string of the molecule is CCC(=O)NCc1cc(-c2ccccc2)c2c(c1O)C(=O)C1=C(O)C3(O)C(=O)C(C(N)=O)=C(O)C(N(C)C)C3CC1C2. The summed E-state index contributed by atoms with van der Waals surface area (Å²) in [5, 5.41) is 48.3. The molecule has 0 saturated carbocycles. The molecule has 0 aromatic heterocycles. The fraction of sp³-hybridized carbons (Fsp3) is 0.355. The van der Waals surface area contributed by atoms with Crippen LogP contribution < -0.4 is 11.1 Å². The number of ketones is 2. The summed E-state index contributed by atoms with van der Waals surface area (Å²) in [4.78, 5) is 53.4. The van der Waals surface area contributed by atoms with Crippen LogP contribution in [0.25, 0.3) is 11.1 Å². The first-order valence-electron chi connectivity index (χ1n) is 13.7. The summed E-state index contributed by atoms with van der Waals surface area (Å²) in [6, 6.07) is 9.86. The molecule has 0 saturated heterocycles. The number of allylic oxidation sites excluding steroid dienone is 1. The maximum atomic E-state index is 14.2. The van der Waals surface area contributed by atoms with E-state index in [-0.39, 0.29) is 54.2 Å². The second-order valence-electron chi connectivity index (χ2n) is 11.2. The molecule has 3 aliphatic rings. The molecule has 0 fully saturated rings. The zero-order valence-corrected chi connectivity index (χ0v) is 23.5. The number of phenols is 1. The third-order valence-electron chi connectivity index (χ3n) is 8.68. The molecule has 11 nitrogen and oxygen atoms in total. The van der Waals surface area contributed by atoms with E-state index in [0.29, 0.717) is 11.1 Å². The topological polar surface area (TPSA) is 190 Å². The average molecular weight is 576 g/mol. The van der Waals surface area contributed by atoms with Crippen LogP contribution in [0.15, 0.2) is 59.1 Å². The highest BCUT2D eigenvalue weighted by molar-refractivity contribution is 6.25. The molecule has 2 amide bonds. The number of carbonyl (C=O) groups excluding carboxylic acids is 4. The fourth-order valence-electron chi connectivity index (χ4n) is 6.70. The smallest absolute Gasteiger partial charge is 0.255 e. The summed E-state index contributed by atoms with van der Waals surface area (Å²) in [6.07, 6.45) is 0.376. The molecule has 0 radical (unpaired) electrons. The van der Waals surface area contributed by atoms with E-state index in [9.17, 15) is 39.6 Å². The van der Waals surface area contributed by atoms with Crippen molar-refractivity contribution in [2.24, 2.45) is 17.6 Å². The highest BCUT2D eigenvalue weighted by atomic mass is 16.3. The number of aliphatic hydroxyl groups is 3. The van der Waals surface area contributed by atoms with Gasteiger partial charge in [-0.05, 0) is 55.6 Å². The number of aliphatic hydroxyl groups excluding tert-OH is 2. The van der Waals surface area contributed by atoms with Gasteiger partial charge in [0.05, 0.1) is 11.6 Å². The first-order chi connectivity index (χ1) is 19.8. The number of primary amides is 1. The van der Waals surface area contributed by atoms with E-state index >= 15 is 0 Å². The number of benzene rings is 2. The molecule has 3 aliphatic carbocycles. The van der Waals surface area contributed by atoms with Gasteiger partial charge in [-0.25, -0.2) is 0 Å². The van der Waals surface area contributed by atoms with Crippen molar-refractivity contribution in [2.75, 3.05) is 14.1 Å². The maximum absolute atomic E-state index is 14.2. The Bertz CT molecular complexity index is 1590. The molecule has 4 atom stereocenters. The lowest BCUT2D eigenvalue weighted by Gasteiger charge is -2.50. The van der Waals surface area contributed by atoms with Gasteiger partial charge in [0.1, 0.15) is 22.8 Å². The Balaban J connectivity index is 1.73. The maximum Gasteiger partial charge on any atom is 0.255 e. The molecule has 220 valence electrons. The first kappa shape index (κ1) is 29.0. The second kappa shape index (κ2) is 10.4. The lowest BCUT2D eigenvalue weighted by Crippen LogP contribution is -2.63. The summed E-state index contributed by atoms with van der Waals surface area (Å²) in [7, 11) is 3.16. The van der Waals surface area contributed by atoms with E-state index in [4.69, 9.17) is 5.73 Å². The van der Waals surface area contributed by atoms with Crippen molar-refractivity contribution in [2.45, 2.75) is 44.4 Å². The number of nitrogens with two attached hydrogens (primary N) is 1. The van der Waals surface area contributed by atoms with Gasteiger partial charge < -0.3 is 31.5 Å². The molecular weight excluding hydrogens is 542 g/mol. The van der Waals surface area contributed by atoms with Crippen LogP contribution in [0, 0.1) is 11.8 Å². The van der Waals surface area contributed by atoms with Crippen molar-refractivity contribution < 1.29 is 39.6 Å². The zero-order chi connectivity index (χ0) is 30.7. The minimum Gasteiger partial charge on any atom is -0.510 e. The average Bonchev–Trinajstić information content (AvgIpc) is 2.94. The van der Waals surface area contributed by atoms with Crippen molar-refractivity contribution >= 4 is 23.4 Å². The highest BCUT2D eigenvalue weighted by Crippen LogP contribution is 2.53. The van der Waals surface area contributed by atoms with Gasteiger partial charge in [0.2, 0.25) is 11.7 Å². The normalized spacial score (nSPS) is 25.2. The standard InChI is InChI=1S/C31H33N3O8/c1-4-20(35)33-13-16-11-17(14-8-6-5-7-9-14)18-10-15-12-19-24(34(2)3)27(38)23(30(32)41)29(40)31(19,42)28(39)21(15)26(37)22(18)25(16)36/h5-9,11,15,19,24,36,38-39,42H,4,10,12-13H2,1-3H3,(H2,32,41)(H,33,35). The Kier molecular flexibility index (Phi) is 7.20. The fourth-order valence-corrected chi connectivity index (χ4v) is 6.70. The van der Waals surface area contributed by atoms with E-state index in [0.717, 1.165) is 5.56 Å². The number of nitrogens with zero attached hydrogens (tertiary/aromatic N) is 1. The Morgan fingerprint density at radius 1 is 1.12 bits per heavy atom. The molecule has 7 N–H and O–H groups in total. The zero-order valence-electron chi connectivity index (χ0n) is 23.5. The Labute approximate surface area is 241 Å². The van der Waals surface area contributed by atoms with Crippen LogP contribution in [0.1, 0.15) is 41.3 Å². The highest BCUT2D eigenvalue weighted by Gasteiger charge is 2.63. The predicted molar refractivity (Wildman–Crippen MR) is 151 cm³/mol. The van der Waals surface area contributed by atoms with Gasteiger partial charge in [0.25, 0.3) is 5.91 Å². The van der Waals surface area contributed by atoms with Crippen LogP contribution in [0.3, 0.4) is 0 Å². The number of fused-ring (bicyclic) bond motifs is 3. The number of hydrogen-bond donors (Lipinski definition) is 6. The van der Waals surface area contributed by atoms with E-state index in [2.05, 4.69) is 5.32 Å². The molecule has 0 spiro atoms. The van der Waals surface area contributed by atoms with Crippen LogP contribution in [-0.4, -0.2) is 74.4 Å². The lowest BCUT2D eigenvalue weighted by atomic mass is 9.58. The van der Waals surface area contributed by atoms with Crippen molar-refractivity contribution in [1.82, 2.24) is 10.2 Å². The summed E-state index contributed by atoms with van der Waals surface area (Å²) in [6.45, 7) is 1.62. The van der Waals surface area contributed by atoms with Gasteiger partial charge in [0, 0.05) is 30.0 Å². The first-order valence-corrected chi connectivity index (χ1v) is 13.7. The molecular formula is C31H33N3O8. The summed E-state index contributed by atoms with van der Waals surface area (Å²) >= 11 is 0. The largest absolute Gasteiger partial charge is 0.510 e. The van der Waals surface area contributed by atoms with E-state index in [1.165, 1.54) is 4.90 Å². The molecule has 42 heavy (non-hydrogen) atoms. The van der Waals surface area contributed by atoms with Gasteiger partial charge >= 0.3 is 0 Å². The molecule has 0 heterocycles. The Morgan fingerprint density at radius 2 is 1.79 bits per heavy atom. The number of Topliss-reactive ketones (excluding diaryl/α,β-unsaturated/α-hetero) is 2. The van der Waals surface area contributed by atoms with Crippen molar-refractivity contribution in [3.8, 4) is 16.9 Å². The van der Waals surface area contributed by atoms with Crippen LogP contribution >= 0.6 is 0 Å². The summed E-state index contributed by atoms with van der Waals surface area (Å²) < 4.78 is 0. The van der Waals surface area contributed by atoms with Crippen molar-refractivity contribution in [1.29, 1.82) is 0 Å². The van der Waals surface area contributed by atoms with Gasteiger partial charge in [0.15, 0.2) is 11.4 Å². The summed E-state index contributed by atoms with van der Waals surface area (Å²) in [5.41, 5.74) is 3.70. The van der Waals surface area contributed by atoms with Gasteiger partial charge in [-0.3, -0.25) is 24.1 Å². The monoisotopic (exact) mass is 575 g/mol. The number of phenolic OH excluding ortho intramolecular Hbond substituents is 1. The van der Waals surface area contributed by atoms with Gasteiger partial charge in [-0.1, -0.05) is 37.3 Å². The number of carbonyl (C=O) groups is 4. The number of rotatable bonds is 6. The van der Waals surface area contributed by atoms with Crippen LogP contribution in [0.4, 0.5) is 0 Å². The minimum absolute atomic E-state index is 0.00490. The molecule has 4 unspecified atom stereocenters. The van der Waals surface area contributed by atoms with E-state index < -0.39 is 58.0 Å². The molecule has 5 rings (SSSR count). The Morgan fingerprint density at radius 3 is 2.38 bits per heavy atom. The lowest BCUT2D eigenvalue weighted by molar-refractivity contribution is -0.148. The third kappa shape index (κ3) is 4.19. The van der Waals surface area contributed by atoms with Crippen LogP contribution in [-0.2, 0) is 27.3 Å². The third-order valence-corrected chi connectivity index (χ3v) is 8.68. The number of nitrogens with one attached hydrogen (secondary N) is 1. The molecule has 2 aromatic rings. The van der Waals surface area contributed by atoms with Gasteiger partial charge in [-0.15, -0.1) is 0 Å². The predicted octanol–water partition coefficient (Wildman–Crippen LogP) is 1.81. The quantitative estimate of drug-likeness (QED) is 0.279. The van der Waals surface area contributed by atoms with Crippen LogP contribution in [0.5, 0.6) is 5.75 Å². The molecule has 0 bridgehead atoms. The van der Waals surface area contributed by atoms with E-state index in [1.807, 2.05) is 30.3 Å². The number of likely N-dealkylation sites (N-methyl/N-ethyl adjacent to an activating group) is 1. The van der Waals surface area contributed by atoms with E-state index in [1.54, 1.807) is 27.1 Å². The molecule has 2 aromatic carbocycles. The number of hydrogen-bond acceptors (Lipinski definition) is 9. The van der Waals surface area contributed by atoms with Crippen molar-refractivity contribution in [3.63, 3.8) is 0 Å². The number of amides is 2. The second-order valence-corrected chi connectivity index (χ2v) is 11.2. The Hall–Kier alpha value is -4.48.